The molecular formula is C12H18N2O2. The first-order valence-corrected chi connectivity index (χ1v) is 5.25. The van der Waals surface area contributed by atoms with E-state index in [2.05, 4.69) is 5.32 Å². The zero-order valence-electron chi connectivity index (χ0n) is 9.95. The molecule has 0 bridgehead atoms. The summed E-state index contributed by atoms with van der Waals surface area (Å²) in [5, 5.41) is 11.8. The van der Waals surface area contributed by atoms with Gasteiger partial charge in [-0.2, -0.15) is 0 Å². The summed E-state index contributed by atoms with van der Waals surface area (Å²) >= 11 is 0. The molecule has 4 heteroatoms. The van der Waals surface area contributed by atoms with Crippen molar-refractivity contribution in [2.75, 3.05) is 32.6 Å². The third-order valence-corrected chi connectivity index (χ3v) is 2.46. The second-order valence-corrected chi connectivity index (χ2v) is 3.75. The van der Waals surface area contributed by atoms with Gasteiger partial charge < -0.3 is 15.3 Å². The molecule has 0 unspecified atom stereocenters. The van der Waals surface area contributed by atoms with Crippen LogP contribution < -0.4 is 5.32 Å². The van der Waals surface area contributed by atoms with Crippen LogP contribution in [0.3, 0.4) is 0 Å². The van der Waals surface area contributed by atoms with E-state index in [4.69, 9.17) is 5.11 Å². The predicted octanol–water partition coefficient (Wildman–Crippen LogP) is 1.10. The summed E-state index contributed by atoms with van der Waals surface area (Å²) in [4.78, 5) is 13.5. The summed E-state index contributed by atoms with van der Waals surface area (Å²) in [5.41, 5.74) is 2.55. The highest BCUT2D eigenvalue weighted by atomic mass is 16.3. The fraction of sp³-hybridized carbons (Fsp3) is 0.417. The number of benzene rings is 1. The lowest BCUT2D eigenvalue weighted by Gasteiger charge is -2.18. The molecule has 1 amide bonds. The van der Waals surface area contributed by atoms with Gasteiger partial charge in [0.25, 0.3) is 5.91 Å². The van der Waals surface area contributed by atoms with Crippen LogP contribution in [0.5, 0.6) is 0 Å². The van der Waals surface area contributed by atoms with Crippen molar-refractivity contribution in [3.63, 3.8) is 0 Å². The molecule has 1 aromatic rings. The first kappa shape index (κ1) is 12.5. The van der Waals surface area contributed by atoms with Gasteiger partial charge in [-0.3, -0.25) is 4.79 Å². The Balaban J connectivity index is 2.98. The van der Waals surface area contributed by atoms with Crippen LogP contribution in [0.15, 0.2) is 18.2 Å². The smallest absolute Gasteiger partial charge is 0.255 e. The number of likely N-dealkylation sites (N-methyl/N-ethyl adjacent to an activating group) is 1. The zero-order chi connectivity index (χ0) is 12.1. The van der Waals surface area contributed by atoms with Crippen molar-refractivity contribution < 1.29 is 9.90 Å². The van der Waals surface area contributed by atoms with E-state index in [0.717, 1.165) is 11.3 Å². The molecule has 0 atom stereocenters. The van der Waals surface area contributed by atoms with Gasteiger partial charge in [0, 0.05) is 26.3 Å². The van der Waals surface area contributed by atoms with Crippen molar-refractivity contribution >= 4 is 11.6 Å². The van der Waals surface area contributed by atoms with E-state index in [9.17, 15) is 4.79 Å². The number of hydrogen-bond acceptors (Lipinski definition) is 3. The van der Waals surface area contributed by atoms with Gasteiger partial charge in [-0.25, -0.2) is 0 Å². The Morgan fingerprint density at radius 2 is 2.19 bits per heavy atom. The minimum atomic E-state index is -0.0848. The molecule has 88 valence electrons. The largest absolute Gasteiger partial charge is 0.395 e. The van der Waals surface area contributed by atoms with Crippen LogP contribution in [0.1, 0.15) is 15.9 Å². The zero-order valence-corrected chi connectivity index (χ0v) is 9.95. The molecule has 0 aliphatic carbocycles. The minimum Gasteiger partial charge on any atom is -0.395 e. The number of carbonyl (C=O) groups is 1. The van der Waals surface area contributed by atoms with E-state index in [1.807, 2.05) is 19.1 Å². The van der Waals surface area contributed by atoms with Gasteiger partial charge in [-0.05, 0) is 24.6 Å². The Morgan fingerprint density at radius 3 is 2.75 bits per heavy atom. The highest BCUT2D eigenvalue weighted by Gasteiger charge is 2.14. The molecule has 0 heterocycles. The van der Waals surface area contributed by atoms with E-state index >= 15 is 0 Å². The lowest BCUT2D eigenvalue weighted by Crippen LogP contribution is -2.30. The number of nitrogens with one attached hydrogen (secondary N) is 1. The maximum Gasteiger partial charge on any atom is 0.255 e. The first-order chi connectivity index (χ1) is 7.60. The van der Waals surface area contributed by atoms with E-state index in [1.165, 1.54) is 4.90 Å². The third-order valence-electron chi connectivity index (χ3n) is 2.46. The summed E-state index contributed by atoms with van der Waals surface area (Å²) in [6.45, 7) is 2.30. The molecule has 2 N–H and O–H groups in total. The number of rotatable bonds is 4. The molecule has 0 radical (unpaired) electrons. The number of carbonyl (C=O) groups excluding carboxylic acids is 1. The van der Waals surface area contributed by atoms with Crippen molar-refractivity contribution in [3.8, 4) is 0 Å². The lowest BCUT2D eigenvalue weighted by molar-refractivity contribution is 0.0768. The summed E-state index contributed by atoms with van der Waals surface area (Å²) in [6.07, 6.45) is 0. The van der Waals surface area contributed by atoms with Crippen LogP contribution in [0, 0.1) is 6.92 Å². The Labute approximate surface area is 95.9 Å². The van der Waals surface area contributed by atoms with Gasteiger partial charge in [0.05, 0.1) is 12.2 Å². The van der Waals surface area contributed by atoms with Gasteiger partial charge in [-0.1, -0.05) is 6.07 Å². The van der Waals surface area contributed by atoms with Crippen molar-refractivity contribution in [2.24, 2.45) is 0 Å². The molecule has 4 nitrogen and oxygen atoms in total. The number of aliphatic hydroxyl groups excluding tert-OH is 1. The second kappa shape index (κ2) is 5.51. The molecule has 0 aliphatic heterocycles. The molecule has 0 aromatic heterocycles. The number of amides is 1. The number of aliphatic hydroxyl groups is 1. The molecule has 1 rings (SSSR count). The van der Waals surface area contributed by atoms with Gasteiger partial charge in [0.1, 0.15) is 0 Å². The van der Waals surface area contributed by atoms with Crippen molar-refractivity contribution in [3.05, 3.63) is 29.3 Å². The molecule has 0 aliphatic rings. The van der Waals surface area contributed by atoms with Gasteiger partial charge in [-0.15, -0.1) is 0 Å². The Morgan fingerprint density at radius 1 is 1.50 bits per heavy atom. The number of nitrogens with zero attached hydrogens (tertiary/aromatic N) is 1. The molecule has 16 heavy (non-hydrogen) atoms. The Hall–Kier alpha value is -1.55. The van der Waals surface area contributed by atoms with Gasteiger partial charge in [0.15, 0.2) is 0 Å². The quantitative estimate of drug-likeness (QED) is 0.802. The molecule has 0 fully saturated rings. The van der Waals surface area contributed by atoms with E-state index in [1.54, 1.807) is 20.2 Å². The van der Waals surface area contributed by atoms with Gasteiger partial charge >= 0.3 is 0 Å². The van der Waals surface area contributed by atoms with Crippen molar-refractivity contribution in [1.29, 1.82) is 0 Å². The van der Waals surface area contributed by atoms with Crippen molar-refractivity contribution in [1.82, 2.24) is 4.90 Å². The standard InChI is InChI=1S/C12H18N2O2/c1-9-4-5-10(11(8-9)13-2)12(16)14(3)6-7-15/h4-5,8,13,15H,6-7H2,1-3H3. The number of aryl methyl sites for hydroxylation is 1. The third kappa shape index (κ3) is 2.73. The predicted molar refractivity (Wildman–Crippen MR) is 64.8 cm³/mol. The highest BCUT2D eigenvalue weighted by Crippen LogP contribution is 2.18. The Kier molecular flexibility index (Phi) is 4.31. The normalized spacial score (nSPS) is 10.0. The minimum absolute atomic E-state index is 0.0248. The molecule has 0 spiro atoms. The SMILES string of the molecule is CNc1cc(C)ccc1C(=O)N(C)CCO. The van der Waals surface area contributed by atoms with Crippen LogP contribution in [0.2, 0.25) is 0 Å². The van der Waals surface area contributed by atoms with Crippen LogP contribution in [0.4, 0.5) is 5.69 Å². The van der Waals surface area contributed by atoms with Crippen molar-refractivity contribution in [2.45, 2.75) is 6.92 Å². The maximum absolute atomic E-state index is 12.0. The van der Waals surface area contributed by atoms with Gasteiger partial charge in [0.2, 0.25) is 0 Å². The summed E-state index contributed by atoms with van der Waals surface area (Å²) in [7, 11) is 3.47. The summed E-state index contributed by atoms with van der Waals surface area (Å²) in [5.74, 6) is -0.0848. The monoisotopic (exact) mass is 222 g/mol. The maximum atomic E-state index is 12.0. The molecular weight excluding hydrogens is 204 g/mol. The fourth-order valence-corrected chi connectivity index (χ4v) is 1.51. The van der Waals surface area contributed by atoms with E-state index in [0.29, 0.717) is 12.1 Å². The Bertz CT molecular complexity index is 377. The molecule has 0 saturated carbocycles. The van der Waals surface area contributed by atoms with Crippen LogP contribution in [0.25, 0.3) is 0 Å². The van der Waals surface area contributed by atoms with E-state index in [-0.39, 0.29) is 12.5 Å². The average Bonchev–Trinajstić information content (AvgIpc) is 2.28. The van der Waals surface area contributed by atoms with E-state index < -0.39 is 0 Å². The van der Waals surface area contributed by atoms with Crippen LogP contribution >= 0.6 is 0 Å². The summed E-state index contributed by atoms with van der Waals surface area (Å²) in [6, 6.07) is 5.64. The molecule has 1 aromatic carbocycles. The lowest BCUT2D eigenvalue weighted by atomic mass is 10.1. The summed E-state index contributed by atoms with van der Waals surface area (Å²) < 4.78 is 0. The second-order valence-electron chi connectivity index (χ2n) is 3.75. The number of hydrogen-bond donors (Lipinski definition) is 2. The van der Waals surface area contributed by atoms with Crippen LogP contribution in [-0.2, 0) is 0 Å². The first-order valence-electron chi connectivity index (χ1n) is 5.25. The topological polar surface area (TPSA) is 52.6 Å². The van der Waals surface area contributed by atoms with Crippen LogP contribution in [-0.4, -0.2) is 43.2 Å². The molecule has 0 saturated heterocycles. The fourth-order valence-electron chi connectivity index (χ4n) is 1.51. The highest BCUT2D eigenvalue weighted by molar-refractivity contribution is 5.99. The number of anilines is 1. The average molecular weight is 222 g/mol.